The molecule has 0 unspecified atom stereocenters. The van der Waals surface area contributed by atoms with E-state index in [1.165, 1.54) is 5.56 Å². The molecule has 1 N–H and O–H groups in total. The Morgan fingerprint density at radius 2 is 2.00 bits per heavy atom. The molecule has 90 valence electrons. The molecular weight excluding hydrogens is 218 g/mol. The van der Waals surface area contributed by atoms with Crippen molar-refractivity contribution in [2.75, 3.05) is 32.1 Å². The van der Waals surface area contributed by atoms with Crippen molar-refractivity contribution in [2.24, 2.45) is 0 Å². The van der Waals surface area contributed by atoms with Crippen LogP contribution in [0, 0.1) is 0 Å². The zero-order chi connectivity index (χ0) is 11.5. The quantitative estimate of drug-likeness (QED) is 0.669. The first-order valence-corrected chi connectivity index (χ1v) is 6.99. The summed E-state index contributed by atoms with van der Waals surface area (Å²) in [6.07, 6.45) is 0. The number of nitrogens with one attached hydrogen (secondary N) is 1. The molecule has 0 aromatic heterocycles. The van der Waals surface area contributed by atoms with Crippen LogP contribution in [0.2, 0.25) is 0 Å². The SMILES string of the molecule is CCOCCNCCSCc1ccccc1. The topological polar surface area (TPSA) is 21.3 Å². The van der Waals surface area contributed by atoms with Crippen LogP contribution in [-0.4, -0.2) is 32.1 Å². The highest BCUT2D eigenvalue weighted by atomic mass is 32.2. The molecule has 0 radical (unpaired) electrons. The van der Waals surface area contributed by atoms with E-state index in [2.05, 4.69) is 35.6 Å². The molecule has 1 rings (SSSR count). The summed E-state index contributed by atoms with van der Waals surface area (Å²) >= 11 is 1.97. The summed E-state index contributed by atoms with van der Waals surface area (Å²) in [5.41, 5.74) is 1.40. The third kappa shape index (κ3) is 6.88. The number of rotatable bonds is 9. The lowest BCUT2D eigenvalue weighted by Crippen LogP contribution is -2.22. The van der Waals surface area contributed by atoms with Gasteiger partial charge in [-0.25, -0.2) is 0 Å². The van der Waals surface area contributed by atoms with E-state index in [1.54, 1.807) is 0 Å². The Hall–Kier alpha value is -0.510. The predicted octanol–water partition coefficient (Wildman–Crippen LogP) is 2.55. The number of hydrogen-bond donors (Lipinski definition) is 1. The molecule has 0 saturated carbocycles. The first-order chi connectivity index (χ1) is 7.93. The molecular formula is C13H21NOS. The molecule has 1 aromatic rings. The fraction of sp³-hybridized carbons (Fsp3) is 0.538. The zero-order valence-electron chi connectivity index (χ0n) is 9.95. The van der Waals surface area contributed by atoms with Gasteiger partial charge in [-0.05, 0) is 12.5 Å². The molecule has 0 aliphatic heterocycles. The van der Waals surface area contributed by atoms with Crippen LogP contribution in [-0.2, 0) is 10.5 Å². The van der Waals surface area contributed by atoms with E-state index < -0.39 is 0 Å². The maximum atomic E-state index is 5.24. The maximum Gasteiger partial charge on any atom is 0.0590 e. The van der Waals surface area contributed by atoms with E-state index in [0.29, 0.717) is 0 Å². The van der Waals surface area contributed by atoms with Crippen LogP contribution in [0.3, 0.4) is 0 Å². The van der Waals surface area contributed by atoms with Crippen LogP contribution in [0.4, 0.5) is 0 Å². The summed E-state index contributed by atoms with van der Waals surface area (Å²) in [4.78, 5) is 0. The minimum atomic E-state index is 0.810. The van der Waals surface area contributed by atoms with Gasteiger partial charge in [-0.2, -0.15) is 11.8 Å². The monoisotopic (exact) mass is 239 g/mol. The van der Waals surface area contributed by atoms with E-state index >= 15 is 0 Å². The summed E-state index contributed by atoms with van der Waals surface area (Å²) in [6, 6.07) is 10.6. The van der Waals surface area contributed by atoms with E-state index in [4.69, 9.17) is 4.74 Å². The van der Waals surface area contributed by atoms with Gasteiger partial charge in [0, 0.05) is 31.2 Å². The third-order valence-corrected chi connectivity index (χ3v) is 3.19. The molecule has 0 fully saturated rings. The van der Waals surface area contributed by atoms with Gasteiger partial charge in [-0.15, -0.1) is 0 Å². The highest BCUT2D eigenvalue weighted by molar-refractivity contribution is 7.98. The van der Waals surface area contributed by atoms with Crippen LogP contribution >= 0.6 is 11.8 Å². The van der Waals surface area contributed by atoms with Crippen molar-refractivity contribution in [3.63, 3.8) is 0 Å². The lowest BCUT2D eigenvalue weighted by atomic mass is 10.2. The lowest BCUT2D eigenvalue weighted by molar-refractivity contribution is 0.150. The van der Waals surface area contributed by atoms with Gasteiger partial charge < -0.3 is 10.1 Å². The Bertz CT molecular complexity index is 253. The van der Waals surface area contributed by atoms with Gasteiger partial charge in [0.2, 0.25) is 0 Å². The molecule has 0 atom stereocenters. The Morgan fingerprint density at radius 1 is 1.19 bits per heavy atom. The van der Waals surface area contributed by atoms with Crippen molar-refractivity contribution in [2.45, 2.75) is 12.7 Å². The van der Waals surface area contributed by atoms with E-state index in [1.807, 2.05) is 18.7 Å². The van der Waals surface area contributed by atoms with Gasteiger partial charge in [0.1, 0.15) is 0 Å². The molecule has 3 heteroatoms. The van der Waals surface area contributed by atoms with Gasteiger partial charge in [0.15, 0.2) is 0 Å². The second-order valence-corrected chi connectivity index (χ2v) is 4.59. The molecule has 0 aliphatic rings. The van der Waals surface area contributed by atoms with Crippen LogP contribution in [0.25, 0.3) is 0 Å². The van der Waals surface area contributed by atoms with E-state index in [0.717, 1.165) is 37.8 Å². The summed E-state index contributed by atoms with van der Waals surface area (Å²) in [5.74, 6) is 2.26. The Morgan fingerprint density at radius 3 is 2.75 bits per heavy atom. The highest BCUT2D eigenvalue weighted by Gasteiger charge is 1.92. The van der Waals surface area contributed by atoms with Crippen LogP contribution in [0.15, 0.2) is 30.3 Å². The van der Waals surface area contributed by atoms with Crippen molar-refractivity contribution in [3.8, 4) is 0 Å². The number of ether oxygens (including phenoxy) is 1. The van der Waals surface area contributed by atoms with E-state index in [-0.39, 0.29) is 0 Å². The summed E-state index contributed by atoms with van der Waals surface area (Å²) < 4.78 is 5.24. The maximum absolute atomic E-state index is 5.24. The largest absolute Gasteiger partial charge is 0.380 e. The van der Waals surface area contributed by atoms with Crippen molar-refractivity contribution in [3.05, 3.63) is 35.9 Å². The van der Waals surface area contributed by atoms with Crippen molar-refractivity contribution in [1.82, 2.24) is 5.32 Å². The second-order valence-electron chi connectivity index (χ2n) is 3.49. The van der Waals surface area contributed by atoms with E-state index in [9.17, 15) is 0 Å². The molecule has 0 saturated heterocycles. The normalized spacial score (nSPS) is 10.6. The molecule has 0 bridgehead atoms. The minimum absolute atomic E-state index is 0.810. The fourth-order valence-electron chi connectivity index (χ4n) is 1.32. The fourth-order valence-corrected chi connectivity index (χ4v) is 2.18. The van der Waals surface area contributed by atoms with Gasteiger partial charge in [-0.3, -0.25) is 0 Å². The standard InChI is InChI=1S/C13H21NOS/c1-2-15-10-8-14-9-11-16-12-13-6-4-3-5-7-13/h3-7,14H,2,8-12H2,1H3. The van der Waals surface area contributed by atoms with Gasteiger partial charge >= 0.3 is 0 Å². The second kappa shape index (κ2) is 9.70. The zero-order valence-corrected chi connectivity index (χ0v) is 10.8. The molecule has 2 nitrogen and oxygen atoms in total. The van der Waals surface area contributed by atoms with Gasteiger partial charge in [0.05, 0.1) is 6.61 Å². The van der Waals surface area contributed by atoms with Crippen molar-refractivity contribution >= 4 is 11.8 Å². The van der Waals surface area contributed by atoms with Crippen molar-refractivity contribution < 1.29 is 4.74 Å². The first-order valence-electron chi connectivity index (χ1n) is 5.83. The molecule has 0 spiro atoms. The number of benzene rings is 1. The van der Waals surface area contributed by atoms with Gasteiger partial charge in [-0.1, -0.05) is 30.3 Å². The molecule has 16 heavy (non-hydrogen) atoms. The molecule has 0 heterocycles. The van der Waals surface area contributed by atoms with Crippen LogP contribution < -0.4 is 5.32 Å². The number of thioether (sulfide) groups is 1. The average Bonchev–Trinajstić information content (AvgIpc) is 2.34. The average molecular weight is 239 g/mol. The Kier molecular flexibility index (Phi) is 8.22. The summed E-state index contributed by atoms with van der Waals surface area (Å²) in [7, 11) is 0. The number of hydrogen-bond acceptors (Lipinski definition) is 3. The molecule has 0 aliphatic carbocycles. The molecule has 1 aromatic carbocycles. The van der Waals surface area contributed by atoms with Gasteiger partial charge in [0.25, 0.3) is 0 Å². The van der Waals surface area contributed by atoms with Crippen LogP contribution in [0.1, 0.15) is 12.5 Å². The minimum Gasteiger partial charge on any atom is -0.380 e. The predicted molar refractivity (Wildman–Crippen MR) is 72.0 cm³/mol. The smallest absolute Gasteiger partial charge is 0.0590 e. The Labute approximate surface area is 103 Å². The van der Waals surface area contributed by atoms with Crippen LogP contribution in [0.5, 0.6) is 0 Å². The third-order valence-electron chi connectivity index (χ3n) is 2.16. The lowest BCUT2D eigenvalue weighted by Gasteiger charge is -2.04. The first kappa shape index (κ1) is 13.6. The molecule has 0 amide bonds. The summed E-state index contributed by atoms with van der Waals surface area (Å²) in [5, 5.41) is 3.36. The highest BCUT2D eigenvalue weighted by Crippen LogP contribution is 2.10. The Balaban J connectivity index is 1.89. The summed E-state index contributed by atoms with van der Waals surface area (Å²) in [6.45, 7) is 5.67. The van der Waals surface area contributed by atoms with Crippen molar-refractivity contribution in [1.29, 1.82) is 0 Å².